The molecular weight excluding hydrogens is 397 g/mol. The summed E-state index contributed by atoms with van der Waals surface area (Å²) in [5.74, 6) is 0.0614. The molecule has 0 amide bonds. The Bertz CT molecular complexity index is 1330. The van der Waals surface area contributed by atoms with Crippen LogP contribution in [0.1, 0.15) is 22.3 Å². The van der Waals surface area contributed by atoms with Gasteiger partial charge in [0, 0.05) is 12.6 Å². The van der Waals surface area contributed by atoms with Crippen molar-refractivity contribution in [3.8, 4) is 22.7 Å². The number of benzene rings is 2. The van der Waals surface area contributed by atoms with E-state index in [1.807, 2.05) is 45.0 Å². The van der Waals surface area contributed by atoms with Gasteiger partial charge in [-0.05, 0) is 77.7 Å². The average Bonchev–Trinajstić information content (AvgIpc) is 3.07. The molecule has 0 atom stereocenters. The predicted octanol–water partition coefficient (Wildman–Crippen LogP) is 3.67. The van der Waals surface area contributed by atoms with Crippen LogP contribution in [-0.2, 0) is 13.7 Å². The van der Waals surface area contributed by atoms with Crippen molar-refractivity contribution in [2.75, 3.05) is 0 Å². The van der Waals surface area contributed by atoms with E-state index in [2.05, 4.69) is 15.4 Å². The van der Waals surface area contributed by atoms with Crippen LogP contribution in [0.3, 0.4) is 0 Å². The van der Waals surface area contributed by atoms with E-state index in [0.717, 1.165) is 27.8 Å². The first-order valence-corrected chi connectivity index (χ1v) is 9.80. The molecule has 2 aromatic carbocycles. The van der Waals surface area contributed by atoms with E-state index in [4.69, 9.17) is 4.74 Å². The summed E-state index contributed by atoms with van der Waals surface area (Å²) >= 11 is 0. The van der Waals surface area contributed by atoms with Gasteiger partial charge in [0.1, 0.15) is 18.0 Å². The van der Waals surface area contributed by atoms with Gasteiger partial charge in [0.05, 0.1) is 5.69 Å². The molecule has 0 N–H and O–H groups in total. The summed E-state index contributed by atoms with van der Waals surface area (Å²) in [6.45, 7) is 6.16. The second-order valence-electron chi connectivity index (χ2n) is 7.45. The van der Waals surface area contributed by atoms with Gasteiger partial charge in [0.15, 0.2) is 0 Å². The molecule has 2 aromatic heterocycles. The molecule has 0 aliphatic carbocycles. The molecule has 4 aromatic rings. The van der Waals surface area contributed by atoms with E-state index in [9.17, 15) is 9.18 Å². The van der Waals surface area contributed by atoms with Gasteiger partial charge in [-0.1, -0.05) is 24.3 Å². The molecule has 0 fully saturated rings. The highest BCUT2D eigenvalue weighted by atomic mass is 19.1. The van der Waals surface area contributed by atoms with Gasteiger partial charge >= 0.3 is 5.69 Å². The van der Waals surface area contributed by atoms with Crippen molar-refractivity contribution in [1.29, 1.82) is 0 Å². The summed E-state index contributed by atoms with van der Waals surface area (Å²) in [5.41, 5.74) is 5.49. The number of hydrogen-bond acceptors (Lipinski definition) is 5. The molecule has 158 valence electrons. The van der Waals surface area contributed by atoms with Crippen LogP contribution < -0.4 is 10.4 Å². The molecule has 0 bridgehead atoms. The minimum Gasteiger partial charge on any atom is -0.486 e. The fourth-order valence-electron chi connectivity index (χ4n) is 3.47. The van der Waals surface area contributed by atoms with Gasteiger partial charge < -0.3 is 4.74 Å². The van der Waals surface area contributed by atoms with E-state index >= 15 is 0 Å². The molecule has 4 rings (SSSR count). The number of aromatic nitrogens is 5. The van der Waals surface area contributed by atoms with Gasteiger partial charge in [0.2, 0.25) is 5.95 Å². The second-order valence-corrected chi connectivity index (χ2v) is 7.45. The third-order valence-corrected chi connectivity index (χ3v) is 5.19. The molecule has 2 heterocycles. The van der Waals surface area contributed by atoms with Crippen molar-refractivity contribution in [3.63, 3.8) is 0 Å². The monoisotopic (exact) mass is 419 g/mol. The number of rotatable bonds is 5. The molecule has 0 aliphatic rings. The fourth-order valence-corrected chi connectivity index (χ4v) is 3.47. The normalized spacial score (nSPS) is 11.0. The lowest BCUT2D eigenvalue weighted by Gasteiger charge is -2.16. The van der Waals surface area contributed by atoms with E-state index in [1.54, 1.807) is 25.2 Å². The van der Waals surface area contributed by atoms with Gasteiger partial charge in [-0.15, -0.1) is 0 Å². The predicted molar refractivity (Wildman–Crippen MR) is 115 cm³/mol. The Morgan fingerprint density at radius 3 is 2.45 bits per heavy atom. The highest BCUT2D eigenvalue weighted by Crippen LogP contribution is 2.29. The van der Waals surface area contributed by atoms with Crippen LogP contribution in [0.15, 0.2) is 53.3 Å². The standard InChI is InChI=1S/C23H22FN5O2/c1-14-7-5-9-20(29-23(30)28(4)26-27-29)22(14)31-13-17-11-16(3)18(12-15(17)2)19-8-6-10-21(24)25-19/h5-12H,13H2,1-4H3. The lowest BCUT2D eigenvalue weighted by Crippen LogP contribution is -2.22. The molecule has 7 nitrogen and oxygen atoms in total. The number of halogens is 1. The van der Waals surface area contributed by atoms with Crippen molar-refractivity contribution < 1.29 is 9.13 Å². The fraction of sp³-hybridized carbons (Fsp3) is 0.217. The molecule has 0 saturated carbocycles. The Kier molecular flexibility index (Phi) is 5.37. The Morgan fingerprint density at radius 1 is 0.968 bits per heavy atom. The summed E-state index contributed by atoms with van der Waals surface area (Å²) in [6.07, 6.45) is 0. The zero-order chi connectivity index (χ0) is 22.1. The first-order valence-electron chi connectivity index (χ1n) is 9.80. The van der Waals surface area contributed by atoms with Crippen molar-refractivity contribution in [2.45, 2.75) is 27.4 Å². The van der Waals surface area contributed by atoms with Crippen LogP contribution in [0.5, 0.6) is 5.75 Å². The average molecular weight is 419 g/mol. The number of nitrogens with zero attached hydrogens (tertiary/aromatic N) is 5. The van der Waals surface area contributed by atoms with Gasteiger partial charge in [-0.25, -0.2) is 9.78 Å². The van der Waals surface area contributed by atoms with Crippen molar-refractivity contribution >= 4 is 0 Å². The molecule has 0 radical (unpaired) electrons. The van der Waals surface area contributed by atoms with E-state index < -0.39 is 5.95 Å². The summed E-state index contributed by atoms with van der Waals surface area (Å²) < 4.78 is 22.1. The summed E-state index contributed by atoms with van der Waals surface area (Å²) in [4.78, 5) is 16.3. The zero-order valence-corrected chi connectivity index (χ0v) is 17.8. The van der Waals surface area contributed by atoms with Crippen LogP contribution in [0.2, 0.25) is 0 Å². The third kappa shape index (κ3) is 3.96. The number of tetrazole rings is 1. The lowest BCUT2D eigenvalue weighted by molar-refractivity contribution is 0.301. The van der Waals surface area contributed by atoms with Crippen molar-refractivity contribution in [3.05, 3.63) is 87.2 Å². The van der Waals surface area contributed by atoms with Crippen LogP contribution in [-0.4, -0.2) is 24.8 Å². The smallest absolute Gasteiger partial charge is 0.368 e. The summed E-state index contributed by atoms with van der Waals surface area (Å²) in [7, 11) is 1.54. The van der Waals surface area contributed by atoms with Gasteiger partial charge in [0.25, 0.3) is 0 Å². The minimum atomic E-state index is -0.506. The Hall–Kier alpha value is -3.81. The largest absolute Gasteiger partial charge is 0.486 e. The van der Waals surface area contributed by atoms with Crippen LogP contribution in [0.25, 0.3) is 16.9 Å². The van der Waals surface area contributed by atoms with Crippen LogP contribution in [0.4, 0.5) is 4.39 Å². The summed E-state index contributed by atoms with van der Waals surface area (Å²) in [6, 6.07) is 14.3. The Balaban J connectivity index is 1.66. The topological polar surface area (TPSA) is 74.8 Å². The molecular formula is C23H22FN5O2. The number of para-hydroxylation sites is 1. The summed E-state index contributed by atoms with van der Waals surface area (Å²) in [5, 5.41) is 7.71. The molecule has 31 heavy (non-hydrogen) atoms. The van der Waals surface area contributed by atoms with Crippen molar-refractivity contribution in [2.24, 2.45) is 7.05 Å². The highest BCUT2D eigenvalue weighted by molar-refractivity contribution is 5.65. The van der Waals surface area contributed by atoms with Crippen LogP contribution >= 0.6 is 0 Å². The Morgan fingerprint density at radius 2 is 1.74 bits per heavy atom. The third-order valence-electron chi connectivity index (χ3n) is 5.19. The molecule has 0 unspecified atom stereocenters. The second kappa shape index (κ2) is 8.14. The number of pyridine rings is 1. The molecule has 0 spiro atoms. The first kappa shape index (κ1) is 20.5. The highest BCUT2D eigenvalue weighted by Gasteiger charge is 2.15. The molecule has 0 saturated heterocycles. The quantitative estimate of drug-likeness (QED) is 0.462. The minimum absolute atomic E-state index is 0.302. The number of ether oxygens (including phenoxy) is 1. The van der Waals surface area contributed by atoms with Gasteiger partial charge in [-0.3, -0.25) is 0 Å². The van der Waals surface area contributed by atoms with E-state index in [0.29, 0.717) is 23.7 Å². The number of hydrogen-bond donors (Lipinski definition) is 0. The van der Waals surface area contributed by atoms with Crippen LogP contribution in [0, 0.1) is 26.7 Å². The van der Waals surface area contributed by atoms with Crippen molar-refractivity contribution in [1.82, 2.24) is 24.8 Å². The SMILES string of the molecule is Cc1cc(-c2cccc(F)n2)c(C)cc1COc1c(C)cccc1-n1nnn(C)c1=O. The lowest BCUT2D eigenvalue weighted by atomic mass is 9.98. The molecule has 0 aliphatic heterocycles. The Labute approximate surface area is 178 Å². The zero-order valence-electron chi connectivity index (χ0n) is 17.8. The maximum Gasteiger partial charge on any atom is 0.368 e. The van der Waals surface area contributed by atoms with Gasteiger partial charge in [-0.2, -0.15) is 13.8 Å². The van der Waals surface area contributed by atoms with E-state index in [1.165, 1.54) is 15.4 Å². The maximum absolute atomic E-state index is 13.6. The van der Waals surface area contributed by atoms with E-state index in [-0.39, 0.29) is 5.69 Å². The number of aryl methyl sites for hydroxylation is 4. The first-order chi connectivity index (χ1) is 14.8. The maximum atomic E-state index is 13.6. The molecule has 8 heteroatoms.